The summed E-state index contributed by atoms with van der Waals surface area (Å²) in [5.41, 5.74) is 0.877. The van der Waals surface area contributed by atoms with Gasteiger partial charge in [-0.05, 0) is 43.9 Å². The van der Waals surface area contributed by atoms with Crippen LogP contribution in [0.4, 0.5) is 13.2 Å². The summed E-state index contributed by atoms with van der Waals surface area (Å²) in [7, 11) is 1.52. The maximum absolute atomic E-state index is 14.2. The number of piperidine rings is 1. The Labute approximate surface area is 181 Å². The van der Waals surface area contributed by atoms with Gasteiger partial charge in [0.05, 0.1) is 12.2 Å². The van der Waals surface area contributed by atoms with E-state index in [4.69, 9.17) is 4.74 Å². The number of carbonyl (C=O) groups is 1. The van der Waals surface area contributed by atoms with Crippen molar-refractivity contribution in [3.05, 3.63) is 71.0 Å². The molecule has 0 aromatic heterocycles. The van der Waals surface area contributed by atoms with E-state index in [1.54, 1.807) is 4.90 Å². The Morgan fingerprint density at radius 2 is 1.74 bits per heavy atom. The van der Waals surface area contributed by atoms with Gasteiger partial charge >= 0.3 is 0 Å². The molecule has 1 aliphatic heterocycles. The molecule has 4 nitrogen and oxygen atoms in total. The number of nitrogens with zero attached hydrogens (tertiary/aromatic N) is 2. The van der Waals surface area contributed by atoms with E-state index in [9.17, 15) is 18.0 Å². The van der Waals surface area contributed by atoms with E-state index in [0.29, 0.717) is 12.1 Å². The molecule has 0 bridgehead atoms. The standard InChI is InChI=1S/C24H29F3N2O2/c1-31-15-14-29(24(30)20-16-22(26)23(27)17-21(20)25)19-9-12-28(13-10-19)11-5-8-18-6-3-2-4-7-18/h2-4,6-7,16-17,19H,5,8-15H2,1H3. The number of aryl methyl sites for hydroxylation is 1. The third kappa shape index (κ3) is 6.31. The minimum atomic E-state index is -1.30. The van der Waals surface area contributed by atoms with Crippen molar-refractivity contribution in [1.82, 2.24) is 9.80 Å². The summed E-state index contributed by atoms with van der Waals surface area (Å²) in [5, 5.41) is 0. The number of likely N-dealkylation sites (tertiary alicyclic amines) is 1. The first-order chi connectivity index (χ1) is 15.0. The SMILES string of the molecule is COCCN(C(=O)c1cc(F)c(F)cc1F)C1CCN(CCCc2ccccc2)CC1. The molecule has 0 saturated carbocycles. The quantitative estimate of drug-likeness (QED) is 0.552. The Kier molecular flexibility index (Phi) is 8.49. The average Bonchev–Trinajstić information content (AvgIpc) is 2.78. The Hall–Kier alpha value is -2.38. The summed E-state index contributed by atoms with van der Waals surface area (Å²) in [6, 6.07) is 11.3. The second-order valence-electron chi connectivity index (χ2n) is 7.90. The molecule has 0 unspecified atom stereocenters. The topological polar surface area (TPSA) is 32.8 Å². The molecule has 0 spiro atoms. The number of hydrogen-bond donors (Lipinski definition) is 0. The molecule has 0 aliphatic carbocycles. The van der Waals surface area contributed by atoms with Gasteiger partial charge in [0.25, 0.3) is 5.91 Å². The second-order valence-corrected chi connectivity index (χ2v) is 7.90. The predicted molar refractivity (Wildman–Crippen MR) is 113 cm³/mol. The molecule has 2 aromatic rings. The summed E-state index contributed by atoms with van der Waals surface area (Å²) in [6.07, 6.45) is 3.56. The molecule has 1 heterocycles. The van der Waals surface area contributed by atoms with Crippen LogP contribution in [0.1, 0.15) is 35.2 Å². The average molecular weight is 435 g/mol. The number of carbonyl (C=O) groups excluding carboxylic acids is 1. The van der Waals surface area contributed by atoms with Crippen molar-refractivity contribution in [3.63, 3.8) is 0 Å². The number of hydrogen-bond acceptors (Lipinski definition) is 3. The van der Waals surface area contributed by atoms with Gasteiger partial charge in [0.1, 0.15) is 5.82 Å². The molecule has 1 fully saturated rings. The van der Waals surface area contributed by atoms with Crippen LogP contribution in [0.25, 0.3) is 0 Å². The van der Waals surface area contributed by atoms with Gasteiger partial charge < -0.3 is 14.5 Å². The smallest absolute Gasteiger partial charge is 0.257 e. The zero-order valence-corrected chi connectivity index (χ0v) is 17.8. The van der Waals surface area contributed by atoms with E-state index in [1.807, 2.05) is 18.2 Å². The van der Waals surface area contributed by atoms with E-state index >= 15 is 0 Å². The highest BCUT2D eigenvalue weighted by Crippen LogP contribution is 2.22. The Morgan fingerprint density at radius 1 is 1.06 bits per heavy atom. The number of amides is 1. The van der Waals surface area contributed by atoms with Crippen molar-refractivity contribution < 1.29 is 22.7 Å². The van der Waals surface area contributed by atoms with Crippen LogP contribution in [0.3, 0.4) is 0 Å². The van der Waals surface area contributed by atoms with Gasteiger partial charge in [-0.3, -0.25) is 4.79 Å². The molecule has 1 aliphatic rings. The summed E-state index contributed by atoms with van der Waals surface area (Å²) < 4.78 is 46.2. The Balaban J connectivity index is 1.58. The molecular formula is C24H29F3N2O2. The summed E-state index contributed by atoms with van der Waals surface area (Å²) >= 11 is 0. The number of rotatable bonds is 9. The molecule has 168 valence electrons. The zero-order valence-electron chi connectivity index (χ0n) is 17.8. The van der Waals surface area contributed by atoms with Crippen LogP contribution < -0.4 is 0 Å². The third-order valence-corrected chi connectivity index (χ3v) is 5.82. The van der Waals surface area contributed by atoms with Gasteiger partial charge in [-0.1, -0.05) is 30.3 Å². The van der Waals surface area contributed by atoms with Crippen LogP contribution in [-0.4, -0.2) is 61.6 Å². The Bertz CT molecular complexity index is 855. The normalized spacial score (nSPS) is 15.2. The molecule has 0 N–H and O–H groups in total. The summed E-state index contributed by atoms with van der Waals surface area (Å²) in [6.45, 7) is 3.19. The van der Waals surface area contributed by atoms with Crippen LogP contribution in [0.5, 0.6) is 0 Å². The molecular weight excluding hydrogens is 405 g/mol. The molecule has 31 heavy (non-hydrogen) atoms. The van der Waals surface area contributed by atoms with Crippen molar-refractivity contribution in [2.24, 2.45) is 0 Å². The first kappa shape index (κ1) is 23.3. The van der Waals surface area contributed by atoms with Crippen LogP contribution in [-0.2, 0) is 11.2 Å². The number of benzene rings is 2. The molecule has 0 atom stereocenters. The fourth-order valence-electron chi connectivity index (χ4n) is 4.09. The minimum Gasteiger partial charge on any atom is -0.383 e. The van der Waals surface area contributed by atoms with Crippen molar-refractivity contribution in [3.8, 4) is 0 Å². The summed E-state index contributed by atoms with van der Waals surface area (Å²) in [5.74, 6) is -4.22. The van der Waals surface area contributed by atoms with Crippen LogP contribution in [0.2, 0.25) is 0 Å². The fourth-order valence-corrected chi connectivity index (χ4v) is 4.09. The first-order valence-corrected chi connectivity index (χ1v) is 10.7. The van der Waals surface area contributed by atoms with Gasteiger partial charge in [0.15, 0.2) is 11.6 Å². The maximum Gasteiger partial charge on any atom is 0.257 e. The number of halogens is 3. The molecule has 2 aromatic carbocycles. The molecule has 1 saturated heterocycles. The number of ether oxygens (including phenoxy) is 1. The molecule has 0 radical (unpaired) electrons. The highest BCUT2D eigenvalue weighted by molar-refractivity contribution is 5.94. The number of methoxy groups -OCH3 is 1. The van der Waals surface area contributed by atoms with Crippen molar-refractivity contribution in [1.29, 1.82) is 0 Å². The lowest BCUT2D eigenvalue weighted by molar-refractivity contribution is 0.0480. The Morgan fingerprint density at radius 3 is 2.42 bits per heavy atom. The van der Waals surface area contributed by atoms with Crippen molar-refractivity contribution in [2.75, 3.05) is 39.9 Å². The van der Waals surface area contributed by atoms with Crippen molar-refractivity contribution >= 4 is 5.91 Å². The van der Waals surface area contributed by atoms with E-state index in [1.165, 1.54) is 12.7 Å². The van der Waals surface area contributed by atoms with Gasteiger partial charge in [0.2, 0.25) is 0 Å². The lowest BCUT2D eigenvalue weighted by Crippen LogP contribution is -2.48. The predicted octanol–water partition coefficient (Wildman–Crippen LogP) is 4.29. The fraction of sp³-hybridized carbons (Fsp3) is 0.458. The monoisotopic (exact) mass is 434 g/mol. The maximum atomic E-state index is 14.2. The van der Waals surface area contributed by atoms with Gasteiger partial charge in [0, 0.05) is 38.9 Å². The third-order valence-electron chi connectivity index (χ3n) is 5.82. The lowest BCUT2D eigenvalue weighted by Gasteiger charge is -2.38. The highest BCUT2D eigenvalue weighted by Gasteiger charge is 2.30. The summed E-state index contributed by atoms with van der Waals surface area (Å²) in [4.78, 5) is 16.9. The van der Waals surface area contributed by atoms with Crippen molar-refractivity contribution in [2.45, 2.75) is 31.7 Å². The first-order valence-electron chi connectivity index (χ1n) is 10.7. The van der Waals surface area contributed by atoms with Gasteiger partial charge in [-0.2, -0.15) is 0 Å². The molecule has 7 heteroatoms. The molecule has 3 rings (SSSR count). The largest absolute Gasteiger partial charge is 0.383 e. The highest BCUT2D eigenvalue weighted by atomic mass is 19.2. The van der Waals surface area contributed by atoms with E-state index in [-0.39, 0.29) is 19.2 Å². The van der Waals surface area contributed by atoms with E-state index < -0.39 is 28.9 Å². The van der Waals surface area contributed by atoms with Crippen LogP contribution in [0.15, 0.2) is 42.5 Å². The van der Waals surface area contributed by atoms with Gasteiger partial charge in [-0.15, -0.1) is 0 Å². The second kappa shape index (κ2) is 11.3. The van der Waals surface area contributed by atoms with E-state index in [2.05, 4.69) is 17.0 Å². The van der Waals surface area contributed by atoms with Crippen LogP contribution in [0, 0.1) is 17.5 Å². The van der Waals surface area contributed by atoms with Crippen LogP contribution >= 0.6 is 0 Å². The zero-order chi connectivity index (χ0) is 22.2. The van der Waals surface area contributed by atoms with E-state index in [0.717, 1.165) is 45.3 Å². The lowest BCUT2D eigenvalue weighted by atomic mass is 10.0. The van der Waals surface area contributed by atoms with Gasteiger partial charge in [-0.25, -0.2) is 13.2 Å². The minimum absolute atomic E-state index is 0.0967. The molecule has 1 amide bonds.